The van der Waals surface area contributed by atoms with Crippen LogP contribution in [0.15, 0.2) is 23.5 Å². The molecule has 8 nitrogen and oxygen atoms in total. The molecule has 0 bridgehead atoms. The Balaban J connectivity index is 1.60. The van der Waals surface area contributed by atoms with Crippen LogP contribution in [0.1, 0.15) is 33.9 Å². The van der Waals surface area contributed by atoms with Crippen LogP contribution in [-0.2, 0) is 28.4 Å². The van der Waals surface area contributed by atoms with Gasteiger partial charge in [-0.2, -0.15) is 13.2 Å². The molecule has 0 spiro atoms. The Kier molecular flexibility index (Phi) is 5.63. The summed E-state index contributed by atoms with van der Waals surface area (Å²) in [6.45, 7) is 0.231. The van der Waals surface area contributed by atoms with Crippen LogP contribution in [-0.4, -0.2) is 39.9 Å². The van der Waals surface area contributed by atoms with Gasteiger partial charge in [0, 0.05) is 23.9 Å². The molecule has 0 aliphatic carbocycles. The Labute approximate surface area is 188 Å². The quantitative estimate of drug-likeness (QED) is 0.398. The summed E-state index contributed by atoms with van der Waals surface area (Å²) in [6.07, 6.45) is -4.21. The summed E-state index contributed by atoms with van der Waals surface area (Å²) in [7, 11) is 1.25. The molecule has 0 saturated carbocycles. The first-order valence-corrected chi connectivity index (χ1v) is 9.71. The third kappa shape index (κ3) is 3.71. The van der Waals surface area contributed by atoms with E-state index in [4.69, 9.17) is 28.0 Å². The van der Waals surface area contributed by atoms with E-state index < -0.39 is 45.5 Å². The number of amides is 1. The Hall–Kier alpha value is -2.70. The van der Waals surface area contributed by atoms with Crippen molar-refractivity contribution in [1.82, 2.24) is 20.3 Å². The number of nitrogens with one attached hydrogen (secondary N) is 1. The largest absolute Gasteiger partial charge is 0.435 e. The lowest BCUT2D eigenvalue weighted by Gasteiger charge is -2.30. The van der Waals surface area contributed by atoms with E-state index in [0.717, 1.165) is 12.1 Å². The van der Waals surface area contributed by atoms with Crippen molar-refractivity contribution in [1.29, 1.82) is 0 Å². The van der Waals surface area contributed by atoms with Gasteiger partial charge < -0.3 is 9.74 Å². The second kappa shape index (κ2) is 8.01. The van der Waals surface area contributed by atoms with Gasteiger partial charge >= 0.3 is 12.1 Å². The molecule has 1 amide bonds. The van der Waals surface area contributed by atoms with Crippen LogP contribution in [0.5, 0.6) is 0 Å². The van der Waals surface area contributed by atoms with E-state index in [1.165, 1.54) is 18.2 Å². The first-order chi connectivity index (χ1) is 15.1. The Bertz CT molecular complexity index is 1110. The number of alkyl halides is 3. The average molecular weight is 494 g/mol. The number of benzene rings is 1. The molecule has 0 radical (unpaired) electrons. The molecule has 0 saturated heterocycles. The summed E-state index contributed by atoms with van der Waals surface area (Å²) in [5.41, 5.74) is -0.233. The number of aromatic nitrogens is 2. The molecule has 2 aliphatic heterocycles. The van der Waals surface area contributed by atoms with Gasteiger partial charge in [-0.3, -0.25) is 9.63 Å². The number of rotatable bonds is 3. The van der Waals surface area contributed by atoms with E-state index in [2.05, 4.69) is 25.4 Å². The van der Waals surface area contributed by atoms with Gasteiger partial charge in [-0.1, -0.05) is 28.4 Å². The number of amidine groups is 1. The lowest BCUT2D eigenvalue weighted by atomic mass is 9.89. The van der Waals surface area contributed by atoms with Gasteiger partial charge in [0.05, 0.1) is 35.8 Å². The number of carbonyl (C=O) groups is 1. The zero-order valence-electron chi connectivity index (χ0n) is 16.1. The highest BCUT2D eigenvalue weighted by Crippen LogP contribution is 2.50. The van der Waals surface area contributed by atoms with Gasteiger partial charge in [0.2, 0.25) is 5.82 Å². The minimum atomic E-state index is -4.92. The fourth-order valence-electron chi connectivity index (χ4n) is 3.43. The van der Waals surface area contributed by atoms with Crippen LogP contribution in [0.4, 0.5) is 17.6 Å². The lowest BCUT2D eigenvalue weighted by molar-refractivity contribution is -0.275. The van der Waals surface area contributed by atoms with Crippen molar-refractivity contribution in [3.8, 4) is 0 Å². The zero-order chi connectivity index (χ0) is 23.3. The van der Waals surface area contributed by atoms with Crippen molar-refractivity contribution in [3.63, 3.8) is 0 Å². The summed E-state index contributed by atoms with van der Waals surface area (Å²) in [5, 5.41) is 2.52. The van der Waals surface area contributed by atoms with Gasteiger partial charge in [0.25, 0.3) is 5.60 Å². The summed E-state index contributed by atoms with van der Waals surface area (Å²) in [5.74, 6) is -1.87. The van der Waals surface area contributed by atoms with Crippen LogP contribution in [0.3, 0.4) is 0 Å². The molecule has 2 aromatic rings. The summed E-state index contributed by atoms with van der Waals surface area (Å²) < 4.78 is 56.1. The van der Waals surface area contributed by atoms with Crippen LogP contribution in [0.2, 0.25) is 10.0 Å². The predicted molar refractivity (Wildman–Crippen MR) is 103 cm³/mol. The number of hydrogen-bond donors (Lipinski definition) is 1. The van der Waals surface area contributed by atoms with Gasteiger partial charge in [-0.05, 0) is 12.1 Å². The first-order valence-electron chi connectivity index (χ1n) is 8.95. The van der Waals surface area contributed by atoms with Gasteiger partial charge in [0.15, 0.2) is 5.82 Å². The fourth-order valence-corrected chi connectivity index (χ4v) is 3.92. The molecule has 0 fully saturated rings. The van der Waals surface area contributed by atoms with Crippen molar-refractivity contribution in [2.24, 2.45) is 5.16 Å². The summed E-state index contributed by atoms with van der Waals surface area (Å²) >= 11 is 11.4. The number of hydroxylamine groups is 1. The van der Waals surface area contributed by atoms with Crippen molar-refractivity contribution in [2.75, 3.05) is 7.11 Å². The molecular weight excluding hydrogens is 481 g/mol. The highest BCUT2D eigenvalue weighted by atomic mass is 35.5. The second-order valence-electron chi connectivity index (χ2n) is 7.01. The second-order valence-corrected chi connectivity index (χ2v) is 7.83. The molecule has 3 heterocycles. The van der Waals surface area contributed by atoms with E-state index in [0.29, 0.717) is 11.3 Å². The topological polar surface area (TPSA) is 88.9 Å². The predicted octanol–water partition coefficient (Wildman–Crippen LogP) is 3.72. The minimum absolute atomic E-state index is 0.0141. The van der Waals surface area contributed by atoms with Crippen molar-refractivity contribution >= 4 is 34.9 Å². The lowest BCUT2D eigenvalue weighted by Crippen LogP contribution is -2.44. The Morgan fingerprint density at radius 3 is 2.59 bits per heavy atom. The van der Waals surface area contributed by atoms with Crippen LogP contribution in [0, 0.1) is 5.82 Å². The maximum absolute atomic E-state index is 14.1. The third-order valence-electron chi connectivity index (χ3n) is 5.04. The molecule has 170 valence electrons. The van der Waals surface area contributed by atoms with Gasteiger partial charge in [0.1, 0.15) is 5.84 Å². The highest BCUT2D eigenvalue weighted by molar-refractivity contribution is 6.35. The van der Waals surface area contributed by atoms with Crippen molar-refractivity contribution < 1.29 is 32.0 Å². The standard InChI is InChI=1S/C18H13Cl2F4N5O3/c1-31-28-16(30)15-25-5-8-6-29(7-12(8)26-15)13-4-17(32-27-13,18(22,23)24)9-2-10(19)14(21)11(20)3-9/h2-3,5H,4,6-7H2,1H3,(H,28,30). The average Bonchev–Trinajstić information content (AvgIpc) is 3.36. The third-order valence-corrected chi connectivity index (χ3v) is 5.59. The molecular formula is C18H13Cl2F4N5O3. The molecule has 14 heteroatoms. The molecule has 1 aromatic heterocycles. The van der Waals surface area contributed by atoms with Crippen LogP contribution in [0.25, 0.3) is 0 Å². The zero-order valence-corrected chi connectivity index (χ0v) is 17.6. The number of nitrogens with zero attached hydrogens (tertiary/aromatic N) is 4. The number of oxime groups is 1. The molecule has 1 unspecified atom stereocenters. The van der Waals surface area contributed by atoms with E-state index in [1.807, 2.05) is 0 Å². The minimum Gasteiger partial charge on any atom is -0.372 e. The molecule has 1 atom stereocenters. The monoisotopic (exact) mass is 493 g/mol. The highest BCUT2D eigenvalue weighted by Gasteiger charge is 2.63. The molecule has 2 aliphatic rings. The molecule has 4 rings (SSSR count). The van der Waals surface area contributed by atoms with Crippen LogP contribution >= 0.6 is 23.2 Å². The van der Waals surface area contributed by atoms with Crippen molar-refractivity contribution in [3.05, 3.63) is 56.8 Å². The normalized spacial score (nSPS) is 20.1. The maximum atomic E-state index is 14.1. The van der Waals surface area contributed by atoms with E-state index >= 15 is 0 Å². The Morgan fingerprint density at radius 1 is 1.28 bits per heavy atom. The summed E-state index contributed by atoms with van der Waals surface area (Å²) in [6, 6.07) is 1.64. The summed E-state index contributed by atoms with van der Waals surface area (Å²) in [4.78, 5) is 30.8. The molecule has 32 heavy (non-hydrogen) atoms. The number of hydrogen-bond acceptors (Lipinski definition) is 7. The smallest absolute Gasteiger partial charge is 0.372 e. The maximum Gasteiger partial charge on any atom is 0.435 e. The van der Waals surface area contributed by atoms with E-state index in [9.17, 15) is 22.4 Å². The van der Waals surface area contributed by atoms with E-state index in [1.54, 1.807) is 0 Å². The Morgan fingerprint density at radius 2 is 1.97 bits per heavy atom. The number of halogens is 6. The van der Waals surface area contributed by atoms with E-state index in [-0.39, 0.29) is 24.7 Å². The number of carbonyl (C=O) groups excluding carboxylic acids is 1. The molecule has 1 aromatic carbocycles. The van der Waals surface area contributed by atoms with Crippen LogP contribution < -0.4 is 5.48 Å². The van der Waals surface area contributed by atoms with Gasteiger partial charge in [-0.15, -0.1) is 0 Å². The SMILES string of the molecule is CONC(=O)c1ncc2c(n1)CN(C1=NOC(c3cc(Cl)c(F)c(Cl)c3)(C(F)(F)F)C1)C2. The fraction of sp³-hybridized carbons (Fsp3) is 0.333. The van der Waals surface area contributed by atoms with Crippen molar-refractivity contribution in [2.45, 2.75) is 31.3 Å². The number of fused-ring (bicyclic) bond motifs is 1. The van der Waals surface area contributed by atoms with Gasteiger partial charge in [-0.25, -0.2) is 19.8 Å². The molecule has 1 N–H and O–H groups in total. The first kappa shape index (κ1) is 22.5.